The molecule has 0 aliphatic rings. The fourth-order valence-corrected chi connectivity index (χ4v) is 2.36. The molecule has 1 N–H and O–H groups in total. The van der Waals surface area contributed by atoms with E-state index in [0.717, 1.165) is 16.3 Å². The Balaban J connectivity index is 2.07. The zero-order chi connectivity index (χ0) is 13.2. The van der Waals surface area contributed by atoms with Crippen LogP contribution in [0.25, 0.3) is 10.8 Å². The van der Waals surface area contributed by atoms with Crippen molar-refractivity contribution in [3.63, 3.8) is 0 Å². The van der Waals surface area contributed by atoms with E-state index in [1.165, 1.54) is 0 Å². The van der Waals surface area contributed by atoms with Crippen LogP contribution in [-0.4, -0.2) is 10.1 Å². The Kier molecular flexibility index (Phi) is 3.20. The van der Waals surface area contributed by atoms with Crippen molar-refractivity contribution < 1.29 is 5.11 Å². The first kappa shape index (κ1) is 12.2. The first-order valence-corrected chi connectivity index (χ1v) is 6.41. The Morgan fingerprint density at radius 3 is 2.53 bits per heavy atom. The van der Waals surface area contributed by atoms with Crippen LogP contribution in [0.3, 0.4) is 0 Å². The fraction of sp³-hybridized carbons (Fsp3) is 0.0625. The molecule has 0 bridgehead atoms. The molecule has 3 heteroatoms. The largest absolute Gasteiger partial charge is 0.382 e. The molecule has 1 aromatic heterocycles. The monoisotopic (exact) mass is 269 g/mol. The maximum absolute atomic E-state index is 10.4. The number of aliphatic hydroxyl groups excluding tert-OH is 1. The van der Waals surface area contributed by atoms with Crippen LogP contribution >= 0.6 is 11.6 Å². The lowest BCUT2D eigenvalue weighted by Gasteiger charge is -2.12. The molecule has 0 radical (unpaired) electrons. The van der Waals surface area contributed by atoms with Gasteiger partial charge in [0.2, 0.25) is 0 Å². The van der Waals surface area contributed by atoms with Gasteiger partial charge in [0.05, 0.1) is 10.7 Å². The lowest BCUT2D eigenvalue weighted by Crippen LogP contribution is -2.02. The molecule has 0 fully saturated rings. The summed E-state index contributed by atoms with van der Waals surface area (Å²) >= 11 is 6.06. The van der Waals surface area contributed by atoms with E-state index >= 15 is 0 Å². The van der Waals surface area contributed by atoms with Crippen molar-refractivity contribution in [1.29, 1.82) is 0 Å². The third-order valence-corrected chi connectivity index (χ3v) is 3.45. The first-order valence-electron chi connectivity index (χ1n) is 6.03. The van der Waals surface area contributed by atoms with Gasteiger partial charge in [-0.25, -0.2) is 0 Å². The maximum atomic E-state index is 10.4. The van der Waals surface area contributed by atoms with Gasteiger partial charge < -0.3 is 5.11 Å². The molecule has 0 amide bonds. The number of aromatic nitrogens is 1. The number of fused-ring (bicyclic) bond motifs is 1. The van der Waals surface area contributed by atoms with Crippen LogP contribution in [0.15, 0.2) is 60.8 Å². The Morgan fingerprint density at radius 1 is 0.947 bits per heavy atom. The van der Waals surface area contributed by atoms with Gasteiger partial charge in [-0.1, -0.05) is 48.0 Å². The smallest absolute Gasteiger partial charge is 0.122 e. The number of pyridine rings is 1. The zero-order valence-electron chi connectivity index (χ0n) is 10.1. The van der Waals surface area contributed by atoms with E-state index in [2.05, 4.69) is 4.98 Å². The molecule has 2 nitrogen and oxygen atoms in total. The van der Waals surface area contributed by atoms with Gasteiger partial charge in [0.25, 0.3) is 0 Å². The van der Waals surface area contributed by atoms with Gasteiger partial charge in [0.15, 0.2) is 0 Å². The molecule has 3 aromatic rings. The summed E-state index contributed by atoms with van der Waals surface area (Å²) in [7, 11) is 0. The summed E-state index contributed by atoms with van der Waals surface area (Å²) in [5.41, 5.74) is 1.28. The van der Waals surface area contributed by atoms with Crippen LogP contribution in [0.1, 0.15) is 17.4 Å². The summed E-state index contributed by atoms with van der Waals surface area (Å²) in [5, 5.41) is 13.1. The van der Waals surface area contributed by atoms with Gasteiger partial charge in [-0.15, -0.1) is 0 Å². The number of aliphatic hydroxyl groups is 1. The Labute approximate surface area is 116 Å². The second-order valence-corrected chi connectivity index (χ2v) is 4.79. The average molecular weight is 270 g/mol. The third-order valence-electron chi connectivity index (χ3n) is 3.14. The topological polar surface area (TPSA) is 33.1 Å². The average Bonchev–Trinajstić information content (AvgIpc) is 2.46. The zero-order valence-corrected chi connectivity index (χ0v) is 10.9. The van der Waals surface area contributed by atoms with Crippen molar-refractivity contribution >= 4 is 22.4 Å². The van der Waals surface area contributed by atoms with Gasteiger partial charge in [0, 0.05) is 6.20 Å². The minimum Gasteiger partial charge on any atom is -0.382 e. The van der Waals surface area contributed by atoms with E-state index in [1.807, 2.05) is 42.5 Å². The summed E-state index contributed by atoms with van der Waals surface area (Å²) < 4.78 is 0. The highest BCUT2D eigenvalue weighted by Crippen LogP contribution is 2.28. The normalized spacial score (nSPS) is 12.5. The summed E-state index contributed by atoms with van der Waals surface area (Å²) in [5.74, 6) is 0. The number of rotatable bonds is 2. The van der Waals surface area contributed by atoms with Crippen LogP contribution in [0.4, 0.5) is 0 Å². The van der Waals surface area contributed by atoms with Crippen molar-refractivity contribution in [2.75, 3.05) is 0 Å². The van der Waals surface area contributed by atoms with Gasteiger partial charge in [0.1, 0.15) is 6.10 Å². The molecular weight excluding hydrogens is 258 g/mol. The summed E-state index contributed by atoms with van der Waals surface area (Å²) in [6.45, 7) is 0. The Bertz CT molecular complexity index is 727. The Hall–Kier alpha value is -1.90. The molecule has 0 saturated heterocycles. The van der Waals surface area contributed by atoms with E-state index in [0.29, 0.717) is 10.7 Å². The second kappa shape index (κ2) is 5.00. The van der Waals surface area contributed by atoms with Gasteiger partial charge in [-0.05, 0) is 34.5 Å². The van der Waals surface area contributed by atoms with Gasteiger partial charge in [-0.3, -0.25) is 4.98 Å². The minimum atomic E-state index is -0.807. The fourth-order valence-electron chi connectivity index (χ4n) is 2.13. The molecule has 0 saturated carbocycles. The predicted octanol–water partition coefficient (Wildman–Crippen LogP) is 3.97. The van der Waals surface area contributed by atoms with Crippen molar-refractivity contribution in [3.8, 4) is 0 Å². The lowest BCUT2D eigenvalue weighted by atomic mass is 10.0. The molecule has 0 aliphatic carbocycles. The number of halogens is 1. The number of hydrogen-bond acceptors (Lipinski definition) is 2. The molecular formula is C16H12ClNO. The highest BCUT2D eigenvalue weighted by Gasteiger charge is 2.15. The number of benzene rings is 2. The second-order valence-electron chi connectivity index (χ2n) is 4.38. The molecule has 19 heavy (non-hydrogen) atoms. The highest BCUT2D eigenvalue weighted by molar-refractivity contribution is 6.31. The van der Waals surface area contributed by atoms with E-state index in [9.17, 15) is 5.11 Å². The molecule has 0 spiro atoms. The number of nitrogens with zero attached hydrogens (tertiary/aromatic N) is 1. The maximum Gasteiger partial charge on any atom is 0.122 e. The standard InChI is InChI=1S/C16H12ClNO/c17-14-6-3-9-18-15(14)16(19)13-8-7-11-4-1-2-5-12(11)10-13/h1-10,16,19H. The molecule has 94 valence electrons. The molecule has 3 rings (SSSR count). The minimum absolute atomic E-state index is 0.475. The van der Waals surface area contributed by atoms with Crippen LogP contribution in [0.5, 0.6) is 0 Å². The lowest BCUT2D eigenvalue weighted by molar-refractivity contribution is 0.215. The SMILES string of the molecule is OC(c1ccc2ccccc2c1)c1ncccc1Cl. The molecule has 1 atom stereocenters. The Morgan fingerprint density at radius 2 is 1.74 bits per heavy atom. The molecule has 1 heterocycles. The van der Waals surface area contributed by atoms with Gasteiger partial charge in [-0.2, -0.15) is 0 Å². The van der Waals surface area contributed by atoms with Gasteiger partial charge >= 0.3 is 0 Å². The molecule has 1 unspecified atom stereocenters. The van der Waals surface area contributed by atoms with E-state index in [1.54, 1.807) is 18.3 Å². The predicted molar refractivity (Wildman–Crippen MR) is 77.3 cm³/mol. The quantitative estimate of drug-likeness (QED) is 0.764. The van der Waals surface area contributed by atoms with Crippen molar-refractivity contribution in [2.24, 2.45) is 0 Å². The van der Waals surface area contributed by atoms with Crippen LogP contribution < -0.4 is 0 Å². The summed E-state index contributed by atoms with van der Waals surface area (Å²) in [6, 6.07) is 17.4. The summed E-state index contributed by atoms with van der Waals surface area (Å²) in [4.78, 5) is 4.15. The van der Waals surface area contributed by atoms with E-state index < -0.39 is 6.10 Å². The molecule has 2 aromatic carbocycles. The highest BCUT2D eigenvalue weighted by atomic mass is 35.5. The van der Waals surface area contributed by atoms with Crippen molar-refractivity contribution in [2.45, 2.75) is 6.10 Å². The number of hydrogen-bond donors (Lipinski definition) is 1. The summed E-state index contributed by atoms with van der Waals surface area (Å²) in [6.07, 6.45) is 0.823. The van der Waals surface area contributed by atoms with E-state index in [4.69, 9.17) is 11.6 Å². The van der Waals surface area contributed by atoms with Crippen LogP contribution in [0.2, 0.25) is 5.02 Å². The van der Waals surface area contributed by atoms with Crippen LogP contribution in [0, 0.1) is 0 Å². The molecule has 0 aliphatic heterocycles. The van der Waals surface area contributed by atoms with Crippen molar-refractivity contribution in [1.82, 2.24) is 4.98 Å². The van der Waals surface area contributed by atoms with E-state index in [-0.39, 0.29) is 0 Å². The first-order chi connectivity index (χ1) is 9.25. The van der Waals surface area contributed by atoms with Crippen molar-refractivity contribution in [3.05, 3.63) is 77.1 Å². The third kappa shape index (κ3) is 2.33. The van der Waals surface area contributed by atoms with Crippen LogP contribution in [-0.2, 0) is 0 Å².